The van der Waals surface area contributed by atoms with Crippen LogP contribution in [-0.4, -0.2) is 32.5 Å². The van der Waals surface area contributed by atoms with Gasteiger partial charge in [-0.1, -0.05) is 47.5 Å². The predicted molar refractivity (Wildman–Crippen MR) is 116 cm³/mol. The first-order valence-electron chi connectivity index (χ1n) is 9.38. The zero-order valence-corrected chi connectivity index (χ0v) is 17.5. The van der Waals surface area contributed by atoms with Crippen molar-refractivity contribution in [3.05, 3.63) is 87.7 Å². The molecule has 0 fully saturated rings. The maximum atomic E-state index is 11.1. The molecule has 0 atom stereocenters. The fraction of sp³-hybridized carbons (Fsp3) is 0.182. The van der Waals surface area contributed by atoms with E-state index in [0.717, 1.165) is 23.8 Å². The summed E-state index contributed by atoms with van der Waals surface area (Å²) in [5.41, 5.74) is 3.12. The Morgan fingerprint density at radius 1 is 1.13 bits per heavy atom. The number of rotatable bonds is 8. The summed E-state index contributed by atoms with van der Waals surface area (Å²) in [5.74, 6) is -0.771. The summed E-state index contributed by atoms with van der Waals surface area (Å²) in [6.07, 6.45) is 3.97. The van der Waals surface area contributed by atoms with Gasteiger partial charge in [0.25, 0.3) is 0 Å². The molecule has 0 amide bonds. The number of carbonyl (C=O) groups is 1. The van der Waals surface area contributed by atoms with Crippen molar-refractivity contribution in [3.63, 3.8) is 0 Å². The van der Waals surface area contributed by atoms with E-state index < -0.39 is 5.97 Å². The molecular formula is C22H19Cl2N3O3. The van der Waals surface area contributed by atoms with Gasteiger partial charge < -0.3 is 14.5 Å². The molecule has 8 heteroatoms. The lowest BCUT2D eigenvalue weighted by Crippen LogP contribution is -2.25. The third kappa shape index (κ3) is 4.67. The molecule has 0 radical (unpaired) electrons. The van der Waals surface area contributed by atoms with E-state index in [1.54, 1.807) is 12.1 Å². The van der Waals surface area contributed by atoms with E-state index in [1.165, 1.54) is 10.9 Å². The SMILES string of the molecule is O=C(O)c1coc(CN(CCc2c[nH]c3ccccc23)Cc2ccc(Cl)cc2Cl)n1. The Hall–Kier alpha value is -2.80. The number of halogens is 2. The van der Waals surface area contributed by atoms with E-state index in [4.69, 9.17) is 32.7 Å². The Labute approximate surface area is 183 Å². The number of H-pyrrole nitrogens is 1. The molecule has 2 heterocycles. The van der Waals surface area contributed by atoms with E-state index in [2.05, 4.69) is 20.9 Å². The molecule has 0 aliphatic carbocycles. The standard InChI is InChI=1S/C22H19Cl2N3O3/c23-16-6-5-15(18(24)9-16)11-27(12-21-26-20(13-30-21)22(28)29)8-7-14-10-25-19-4-2-1-3-17(14)19/h1-6,9-10,13,25H,7-8,11-12H2,(H,28,29). The van der Waals surface area contributed by atoms with E-state index in [1.807, 2.05) is 30.5 Å². The van der Waals surface area contributed by atoms with Gasteiger partial charge in [-0.25, -0.2) is 9.78 Å². The minimum atomic E-state index is -1.11. The van der Waals surface area contributed by atoms with E-state index in [-0.39, 0.29) is 5.69 Å². The summed E-state index contributed by atoms with van der Waals surface area (Å²) in [6.45, 7) is 1.60. The number of carboxylic acid groups (broad SMARTS) is 1. The van der Waals surface area contributed by atoms with Crippen LogP contribution in [0, 0.1) is 0 Å². The summed E-state index contributed by atoms with van der Waals surface area (Å²) >= 11 is 12.4. The van der Waals surface area contributed by atoms with Crippen LogP contribution in [0.2, 0.25) is 10.0 Å². The maximum Gasteiger partial charge on any atom is 0.357 e. The number of carboxylic acids is 1. The number of para-hydroxylation sites is 1. The van der Waals surface area contributed by atoms with Crippen LogP contribution in [0.5, 0.6) is 0 Å². The van der Waals surface area contributed by atoms with E-state index in [9.17, 15) is 4.79 Å². The minimum absolute atomic E-state index is 0.105. The smallest absolute Gasteiger partial charge is 0.357 e. The van der Waals surface area contributed by atoms with Gasteiger partial charge in [0, 0.05) is 40.2 Å². The van der Waals surface area contributed by atoms with Crippen LogP contribution in [0.4, 0.5) is 0 Å². The minimum Gasteiger partial charge on any atom is -0.476 e. The van der Waals surface area contributed by atoms with Crippen LogP contribution in [0.1, 0.15) is 27.5 Å². The summed E-state index contributed by atoms with van der Waals surface area (Å²) < 4.78 is 5.36. The van der Waals surface area contributed by atoms with Gasteiger partial charge in [0.1, 0.15) is 6.26 Å². The molecule has 4 aromatic rings. The molecule has 4 rings (SSSR count). The van der Waals surface area contributed by atoms with Gasteiger partial charge in [-0.15, -0.1) is 0 Å². The second kappa shape index (κ2) is 8.92. The van der Waals surface area contributed by atoms with E-state index >= 15 is 0 Å². The highest BCUT2D eigenvalue weighted by molar-refractivity contribution is 6.35. The third-order valence-electron chi connectivity index (χ3n) is 4.91. The Kier molecular flexibility index (Phi) is 6.08. The number of hydrogen-bond acceptors (Lipinski definition) is 4. The lowest BCUT2D eigenvalue weighted by atomic mass is 10.1. The van der Waals surface area contributed by atoms with Gasteiger partial charge in [-0.2, -0.15) is 0 Å². The number of nitrogens with one attached hydrogen (secondary N) is 1. The molecule has 2 aromatic carbocycles. The molecule has 30 heavy (non-hydrogen) atoms. The summed E-state index contributed by atoms with van der Waals surface area (Å²) in [7, 11) is 0. The zero-order chi connectivity index (χ0) is 21.1. The monoisotopic (exact) mass is 443 g/mol. The fourth-order valence-corrected chi connectivity index (χ4v) is 3.86. The number of fused-ring (bicyclic) bond motifs is 1. The van der Waals surface area contributed by atoms with Crippen molar-refractivity contribution in [2.24, 2.45) is 0 Å². The fourth-order valence-electron chi connectivity index (χ4n) is 3.39. The topological polar surface area (TPSA) is 82.4 Å². The predicted octanol–water partition coefficient (Wildman–Crippen LogP) is 5.41. The first-order chi connectivity index (χ1) is 14.5. The van der Waals surface area contributed by atoms with Crippen molar-refractivity contribution in [1.29, 1.82) is 0 Å². The molecular weight excluding hydrogens is 425 g/mol. The third-order valence-corrected chi connectivity index (χ3v) is 5.50. The van der Waals surface area contributed by atoms with Gasteiger partial charge in [0.2, 0.25) is 5.89 Å². The molecule has 0 spiro atoms. The number of aromatic nitrogens is 2. The molecule has 0 saturated carbocycles. The van der Waals surface area contributed by atoms with Crippen LogP contribution in [0.25, 0.3) is 10.9 Å². The first-order valence-corrected chi connectivity index (χ1v) is 10.1. The Morgan fingerprint density at radius 3 is 2.73 bits per heavy atom. The Bertz CT molecular complexity index is 1190. The number of aromatic amines is 1. The largest absolute Gasteiger partial charge is 0.476 e. The number of benzene rings is 2. The van der Waals surface area contributed by atoms with Gasteiger partial charge in [0.05, 0.1) is 6.54 Å². The summed E-state index contributed by atoms with van der Waals surface area (Å²) in [6, 6.07) is 13.6. The highest BCUT2D eigenvalue weighted by Gasteiger charge is 2.16. The highest BCUT2D eigenvalue weighted by Crippen LogP contribution is 2.24. The lowest BCUT2D eigenvalue weighted by Gasteiger charge is -2.21. The second-order valence-electron chi connectivity index (χ2n) is 6.99. The quantitative estimate of drug-likeness (QED) is 0.380. The molecule has 0 aliphatic rings. The molecule has 2 aromatic heterocycles. The number of hydrogen-bond donors (Lipinski definition) is 2. The highest BCUT2D eigenvalue weighted by atomic mass is 35.5. The normalized spacial score (nSPS) is 11.4. The summed E-state index contributed by atoms with van der Waals surface area (Å²) in [5, 5.41) is 11.4. The molecule has 0 aliphatic heterocycles. The van der Waals surface area contributed by atoms with Gasteiger partial charge in [-0.3, -0.25) is 4.90 Å². The molecule has 0 bridgehead atoms. The average molecular weight is 444 g/mol. The van der Waals surface area contributed by atoms with Crippen molar-refractivity contribution >= 4 is 40.1 Å². The number of oxazole rings is 1. The maximum absolute atomic E-state index is 11.1. The second-order valence-corrected chi connectivity index (χ2v) is 7.83. The van der Waals surface area contributed by atoms with Crippen molar-refractivity contribution < 1.29 is 14.3 Å². The average Bonchev–Trinajstić information content (AvgIpc) is 3.35. The lowest BCUT2D eigenvalue weighted by molar-refractivity contribution is 0.0690. The van der Waals surface area contributed by atoms with Gasteiger partial charge in [0.15, 0.2) is 5.69 Å². The molecule has 0 unspecified atom stereocenters. The van der Waals surface area contributed by atoms with Gasteiger partial charge in [-0.05, 0) is 35.7 Å². The molecule has 6 nitrogen and oxygen atoms in total. The van der Waals surface area contributed by atoms with Crippen LogP contribution >= 0.6 is 23.2 Å². The van der Waals surface area contributed by atoms with Crippen LogP contribution in [0.15, 0.2) is 59.3 Å². The molecule has 0 saturated heterocycles. The Morgan fingerprint density at radius 2 is 1.97 bits per heavy atom. The van der Waals surface area contributed by atoms with Crippen molar-refractivity contribution in [1.82, 2.24) is 14.9 Å². The van der Waals surface area contributed by atoms with Crippen LogP contribution in [0.3, 0.4) is 0 Å². The summed E-state index contributed by atoms with van der Waals surface area (Å²) in [4.78, 5) is 20.6. The van der Waals surface area contributed by atoms with Crippen LogP contribution < -0.4 is 0 Å². The van der Waals surface area contributed by atoms with Crippen molar-refractivity contribution in [2.75, 3.05) is 6.54 Å². The number of nitrogens with zero attached hydrogens (tertiary/aromatic N) is 2. The van der Waals surface area contributed by atoms with Crippen molar-refractivity contribution in [2.45, 2.75) is 19.5 Å². The van der Waals surface area contributed by atoms with Gasteiger partial charge >= 0.3 is 5.97 Å². The Balaban J connectivity index is 1.54. The van der Waals surface area contributed by atoms with Crippen LogP contribution in [-0.2, 0) is 19.5 Å². The van der Waals surface area contributed by atoms with E-state index in [0.29, 0.717) is 35.6 Å². The molecule has 154 valence electrons. The number of aromatic carboxylic acids is 1. The first kappa shape index (κ1) is 20.5. The zero-order valence-electron chi connectivity index (χ0n) is 15.9. The molecule has 2 N–H and O–H groups in total. The van der Waals surface area contributed by atoms with Crippen molar-refractivity contribution in [3.8, 4) is 0 Å².